The lowest BCUT2D eigenvalue weighted by molar-refractivity contribution is -0.190. The van der Waals surface area contributed by atoms with Crippen LogP contribution in [0.15, 0.2) is 34.9 Å². The highest BCUT2D eigenvalue weighted by Gasteiger charge is 2.53. The van der Waals surface area contributed by atoms with Crippen LogP contribution in [0.4, 0.5) is 13.2 Å². The molecule has 1 aromatic carbocycles. The molecule has 1 aromatic heterocycles. The minimum Gasteiger partial charge on any atom is -0.337 e. The molecule has 0 aliphatic rings. The van der Waals surface area contributed by atoms with Crippen LogP contribution in [-0.4, -0.2) is 16.3 Å². The van der Waals surface area contributed by atoms with Crippen molar-refractivity contribution in [2.75, 3.05) is 0 Å². The van der Waals surface area contributed by atoms with E-state index < -0.39 is 17.6 Å². The summed E-state index contributed by atoms with van der Waals surface area (Å²) in [5.41, 5.74) is 3.09. The summed E-state index contributed by atoms with van der Waals surface area (Å²) in [5.74, 6) is -0.583. The maximum absolute atomic E-state index is 12.7. The van der Waals surface area contributed by atoms with Crippen LogP contribution >= 0.6 is 0 Å². The van der Waals surface area contributed by atoms with E-state index in [9.17, 15) is 13.2 Å². The predicted molar refractivity (Wildman–Crippen MR) is 57.3 cm³/mol. The first-order chi connectivity index (χ1) is 8.32. The fourth-order valence-corrected chi connectivity index (χ4v) is 1.26. The van der Waals surface area contributed by atoms with Gasteiger partial charge in [0.2, 0.25) is 5.82 Å². The van der Waals surface area contributed by atoms with E-state index in [2.05, 4.69) is 14.7 Å². The molecule has 0 saturated carbocycles. The van der Waals surface area contributed by atoms with Crippen LogP contribution in [0.5, 0.6) is 0 Å². The zero-order chi connectivity index (χ0) is 13.4. The van der Waals surface area contributed by atoms with Crippen molar-refractivity contribution in [3.8, 4) is 11.4 Å². The molecule has 4 nitrogen and oxygen atoms in total. The molecule has 96 valence electrons. The molecular weight excluding hydrogens is 247 g/mol. The predicted octanol–water partition coefficient (Wildman–Crippen LogP) is 2.47. The number of rotatable bonds is 2. The third-order valence-electron chi connectivity index (χ3n) is 2.49. The third kappa shape index (κ3) is 2.08. The van der Waals surface area contributed by atoms with Crippen LogP contribution < -0.4 is 5.73 Å². The molecule has 0 aliphatic carbocycles. The van der Waals surface area contributed by atoms with Gasteiger partial charge < -0.3 is 10.3 Å². The Labute approximate surface area is 101 Å². The summed E-state index contributed by atoms with van der Waals surface area (Å²) in [6.45, 7) is 0.787. The van der Waals surface area contributed by atoms with Gasteiger partial charge in [0.05, 0.1) is 0 Å². The van der Waals surface area contributed by atoms with E-state index in [1.165, 1.54) is 0 Å². The number of nitrogens with two attached hydrogens (primary N) is 1. The quantitative estimate of drug-likeness (QED) is 0.897. The first kappa shape index (κ1) is 12.6. The van der Waals surface area contributed by atoms with Crippen LogP contribution in [0, 0.1) is 0 Å². The van der Waals surface area contributed by atoms with Gasteiger partial charge in [-0.05, 0) is 6.92 Å². The van der Waals surface area contributed by atoms with Gasteiger partial charge in [0.15, 0.2) is 5.54 Å². The summed E-state index contributed by atoms with van der Waals surface area (Å²) in [4.78, 5) is 3.70. The fraction of sp³-hybridized carbons (Fsp3) is 0.273. The molecule has 0 bridgehead atoms. The van der Waals surface area contributed by atoms with E-state index in [4.69, 9.17) is 5.73 Å². The Balaban J connectivity index is 2.38. The Hall–Kier alpha value is -1.89. The Bertz CT molecular complexity index is 534. The van der Waals surface area contributed by atoms with Crippen molar-refractivity contribution in [3.63, 3.8) is 0 Å². The van der Waals surface area contributed by atoms with Gasteiger partial charge in [-0.15, -0.1) is 0 Å². The topological polar surface area (TPSA) is 64.9 Å². The van der Waals surface area contributed by atoms with Gasteiger partial charge >= 0.3 is 6.18 Å². The molecule has 18 heavy (non-hydrogen) atoms. The van der Waals surface area contributed by atoms with Gasteiger partial charge in [0.25, 0.3) is 5.89 Å². The zero-order valence-corrected chi connectivity index (χ0v) is 9.40. The normalized spacial score (nSPS) is 15.4. The maximum Gasteiger partial charge on any atom is 0.415 e. The maximum atomic E-state index is 12.7. The number of benzene rings is 1. The van der Waals surface area contributed by atoms with Gasteiger partial charge in [-0.25, -0.2) is 0 Å². The van der Waals surface area contributed by atoms with E-state index in [1.807, 2.05) is 0 Å². The summed E-state index contributed by atoms with van der Waals surface area (Å²) in [7, 11) is 0. The van der Waals surface area contributed by atoms with Gasteiger partial charge in [-0.3, -0.25) is 0 Å². The molecule has 1 atom stereocenters. The van der Waals surface area contributed by atoms with Crippen molar-refractivity contribution >= 4 is 0 Å². The lowest BCUT2D eigenvalue weighted by atomic mass is 10.0. The molecule has 0 radical (unpaired) electrons. The van der Waals surface area contributed by atoms with Crippen LogP contribution in [0.2, 0.25) is 0 Å². The Morgan fingerprint density at radius 2 is 1.78 bits per heavy atom. The molecule has 2 aromatic rings. The molecule has 0 fully saturated rings. The molecule has 7 heteroatoms. The van der Waals surface area contributed by atoms with Crippen molar-refractivity contribution < 1.29 is 17.7 Å². The molecule has 0 amide bonds. The lowest BCUT2D eigenvalue weighted by Crippen LogP contribution is -2.47. The van der Waals surface area contributed by atoms with Crippen LogP contribution in [0.1, 0.15) is 12.8 Å². The number of nitrogens with zero attached hydrogens (tertiary/aromatic N) is 2. The van der Waals surface area contributed by atoms with Gasteiger partial charge in [-0.1, -0.05) is 35.5 Å². The minimum absolute atomic E-state index is 0.0755. The van der Waals surface area contributed by atoms with E-state index in [0.29, 0.717) is 5.56 Å². The summed E-state index contributed by atoms with van der Waals surface area (Å²) in [6, 6.07) is 8.53. The third-order valence-corrected chi connectivity index (χ3v) is 2.49. The number of halogens is 3. The van der Waals surface area contributed by atoms with E-state index >= 15 is 0 Å². The second kappa shape index (κ2) is 4.09. The van der Waals surface area contributed by atoms with Gasteiger partial charge in [-0.2, -0.15) is 18.2 Å². The molecule has 2 N–H and O–H groups in total. The van der Waals surface area contributed by atoms with Crippen molar-refractivity contribution in [3.05, 3.63) is 36.2 Å². The summed E-state index contributed by atoms with van der Waals surface area (Å²) >= 11 is 0. The fourth-order valence-electron chi connectivity index (χ4n) is 1.26. The van der Waals surface area contributed by atoms with E-state index in [-0.39, 0.29) is 5.82 Å². The molecule has 1 unspecified atom stereocenters. The highest BCUT2D eigenvalue weighted by atomic mass is 19.4. The van der Waals surface area contributed by atoms with Crippen LogP contribution in [0.3, 0.4) is 0 Å². The monoisotopic (exact) mass is 257 g/mol. The SMILES string of the molecule is CC(N)(c1nc(-c2ccccc2)no1)C(F)(F)F. The number of alkyl halides is 3. The lowest BCUT2D eigenvalue weighted by Gasteiger charge is -2.22. The van der Waals surface area contributed by atoms with Crippen LogP contribution in [-0.2, 0) is 5.54 Å². The second-order valence-electron chi connectivity index (χ2n) is 3.99. The van der Waals surface area contributed by atoms with E-state index in [0.717, 1.165) is 6.92 Å². The smallest absolute Gasteiger partial charge is 0.337 e. The molecule has 2 rings (SSSR count). The molecule has 1 heterocycles. The standard InChI is InChI=1S/C11H10F3N3O/c1-10(15,11(12,13)14)9-16-8(17-18-9)7-5-3-2-4-6-7/h2-6H,15H2,1H3. The van der Waals surface area contributed by atoms with Crippen molar-refractivity contribution in [1.82, 2.24) is 10.1 Å². The minimum atomic E-state index is -4.66. The Morgan fingerprint density at radius 1 is 1.17 bits per heavy atom. The molecule has 0 aliphatic heterocycles. The van der Waals surface area contributed by atoms with Crippen LogP contribution in [0.25, 0.3) is 11.4 Å². The van der Waals surface area contributed by atoms with Gasteiger partial charge in [0, 0.05) is 5.56 Å². The first-order valence-corrected chi connectivity index (χ1v) is 5.07. The Morgan fingerprint density at radius 3 is 2.33 bits per heavy atom. The largest absolute Gasteiger partial charge is 0.415 e. The number of hydrogen-bond donors (Lipinski definition) is 1. The first-order valence-electron chi connectivity index (χ1n) is 5.07. The highest BCUT2D eigenvalue weighted by Crippen LogP contribution is 2.35. The van der Waals surface area contributed by atoms with Crippen molar-refractivity contribution in [1.29, 1.82) is 0 Å². The average Bonchev–Trinajstić information content (AvgIpc) is 2.78. The summed E-state index contributed by atoms with van der Waals surface area (Å²) < 4.78 is 42.6. The average molecular weight is 257 g/mol. The Kier molecular flexibility index (Phi) is 2.86. The molecular formula is C11H10F3N3O. The van der Waals surface area contributed by atoms with Crippen molar-refractivity contribution in [2.45, 2.75) is 18.6 Å². The summed E-state index contributed by atoms with van der Waals surface area (Å²) in [5, 5.41) is 3.50. The summed E-state index contributed by atoms with van der Waals surface area (Å²) in [6.07, 6.45) is -4.66. The second-order valence-corrected chi connectivity index (χ2v) is 3.99. The van der Waals surface area contributed by atoms with E-state index in [1.54, 1.807) is 30.3 Å². The number of hydrogen-bond acceptors (Lipinski definition) is 4. The number of aromatic nitrogens is 2. The van der Waals surface area contributed by atoms with Gasteiger partial charge in [0.1, 0.15) is 0 Å². The highest BCUT2D eigenvalue weighted by molar-refractivity contribution is 5.53. The molecule has 0 spiro atoms. The zero-order valence-electron chi connectivity index (χ0n) is 9.40. The molecule has 0 saturated heterocycles. The van der Waals surface area contributed by atoms with Crippen molar-refractivity contribution in [2.24, 2.45) is 5.73 Å².